The third-order valence-electron chi connectivity index (χ3n) is 4.89. The Kier molecular flexibility index (Phi) is 7.55. The standard InChI is InChI=1S/C20H22F3N3O6S2/c1-33(28,29)26(14-19(27)24-16-4-2-3-15(13-16)20(21,22)23)17-5-7-18(8-6-17)34(30,31)25-9-11-32-12-10-25/h2-8,13H,9-12,14H2,1H3,(H,24,27). The fourth-order valence-electron chi connectivity index (χ4n) is 3.22. The first-order valence-corrected chi connectivity index (χ1v) is 13.2. The van der Waals surface area contributed by atoms with Gasteiger partial charge in [-0.3, -0.25) is 9.10 Å². The number of alkyl halides is 3. The lowest BCUT2D eigenvalue weighted by Gasteiger charge is -2.26. The largest absolute Gasteiger partial charge is 0.416 e. The summed E-state index contributed by atoms with van der Waals surface area (Å²) < 4.78 is 95.8. The van der Waals surface area contributed by atoms with Gasteiger partial charge in [-0.2, -0.15) is 17.5 Å². The summed E-state index contributed by atoms with van der Waals surface area (Å²) in [7, 11) is -7.80. The lowest BCUT2D eigenvalue weighted by Crippen LogP contribution is -2.40. The van der Waals surface area contributed by atoms with E-state index in [2.05, 4.69) is 5.32 Å². The first-order valence-electron chi connectivity index (χ1n) is 9.91. The van der Waals surface area contributed by atoms with E-state index in [0.29, 0.717) is 0 Å². The summed E-state index contributed by atoms with van der Waals surface area (Å²) in [4.78, 5) is 12.4. The van der Waals surface area contributed by atoms with Crippen molar-refractivity contribution in [2.75, 3.05) is 48.7 Å². The molecule has 1 N–H and O–H groups in total. The van der Waals surface area contributed by atoms with Gasteiger partial charge < -0.3 is 10.1 Å². The van der Waals surface area contributed by atoms with Gasteiger partial charge in [0, 0.05) is 18.8 Å². The Bertz CT molecular complexity index is 1240. The molecule has 186 valence electrons. The molecule has 2 aromatic rings. The maximum absolute atomic E-state index is 12.9. The SMILES string of the molecule is CS(=O)(=O)N(CC(=O)Nc1cccc(C(F)(F)F)c1)c1ccc(S(=O)(=O)N2CCOCC2)cc1. The normalized spacial score (nSPS) is 15.6. The number of sulfonamides is 2. The molecule has 1 amide bonds. The summed E-state index contributed by atoms with van der Waals surface area (Å²) in [6.07, 6.45) is -3.76. The first kappa shape index (κ1) is 25.9. The monoisotopic (exact) mass is 521 g/mol. The van der Waals surface area contributed by atoms with E-state index in [1.807, 2.05) is 0 Å². The number of morpholine rings is 1. The molecule has 1 fully saturated rings. The van der Waals surface area contributed by atoms with Crippen LogP contribution in [-0.4, -0.2) is 66.2 Å². The highest BCUT2D eigenvalue weighted by molar-refractivity contribution is 7.92. The third-order valence-corrected chi connectivity index (χ3v) is 7.95. The maximum atomic E-state index is 12.9. The molecule has 3 rings (SSSR count). The molecule has 0 unspecified atom stereocenters. The number of carbonyl (C=O) groups excluding carboxylic acids is 1. The molecular formula is C20H22F3N3O6S2. The number of halogens is 3. The average molecular weight is 522 g/mol. The zero-order valence-corrected chi connectivity index (χ0v) is 19.6. The van der Waals surface area contributed by atoms with Crippen LogP contribution >= 0.6 is 0 Å². The van der Waals surface area contributed by atoms with E-state index in [4.69, 9.17) is 4.74 Å². The van der Waals surface area contributed by atoms with Crippen molar-refractivity contribution in [2.45, 2.75) is 11.1 Å². The molecule has 1 aliphatic heterocycles. The van der Waals surface area contributed by atoms with Crippen LogP contribution in [0.4, 0.5) is 24.5 Å². The molecule has 9 nitrogen and oxygen atoms in total. The lowest BCUT2D eigenvalue weighted by molar-refractivity contribution is -0.137. The van der Waals surface area contributed by atoms with Crippen LogP contribution in [0.15, 0.2) is 53.4 Å². The van der Waals surface area contributed by atoms with Crippen LogP contribution in [0, 0.1) is 0 Å². The second-order valence-corrected chi connectivity index (χ2v) is 11.3. The van der Waals surface area contributed by atoms with E-state index in [0.717, 1.165) is 28.8 Å². The predicted molar refractivity (Wildman–Crippen MR) is 118 cm³/mol. The quantitative estimate of drug-likeness (QED) is 0.598. The molecule has 0 saturated carbocycles. The van der Waals surface area contributed by atoms with Crippen LogP contribution in [-0.2, 0) is 35.8 Å². The second-order valence-electron chi connectivity index (χ2n) is 7.41. The van der Waals surface area contributed by atoms with Gasteiger partial charge in [0.1, 0.15) is 6.54 Å². The Balaban J connectivity index is 1.78. The van der Waals surface area contributed by atoms with Crippen LogP contribution in [0.2, 0.25) is 0 Å². The highest BCUT2D eigenvalue weighted by Crippen LogP contribution is 2.30. The van der Waals surface area contributed by atoms with Crippen LogP contribution in [0.1, 0.15) is 5.56 Å². The molecule has 0 aliphatic carbocycles. The van der Waals surface area contributed by atoms with Crippen molar-refractivity contribution in [2.24, 2.45) is 0 Å². The number of hydrogen-bond donors (Lipinski definition) is 1. The van der Waals surface area contributed by atoms with Crippen molar-refractivity contribution < 1.29 is 39.5 Å². The zero-order valence-electron chi connectivity index (χ0n) is 17.9. The van der Waals surface area contributed by atoms with Crippen molar-refractivity contribution in [1.29, 1.82) is 0 Å². The molecule has 0 aromatic heterocycles. The number of rotatable bonds is 7. The van der Waals surface area contributed by atoms with E-state index >= 15 is 0 Å². The predicted octanol–water partition coefficient (Wildman–Crippen LogP) is 2.13. The van der Waals surface area contributed by atoms with Gasteiger partial charge in [0.2, 0.25) is 26.0 Å². The second kappa shape index (κ2) is 9.90. The van der Waals surface area contributed by atoms with Gasteiger partial charge in [0.05, 0.1) is 35.6 Å². The number of amides is 1. The van der Waals surface area contributed by atoms with Gasteiger partial charge in [0.15, 0.2) is 0 Å². The Morgan fingerprint density at radius 1 is 1.06 bits per heavy atom. The number of ether oxygens (including phenoxy) is 1. The Labute approximate surface area is 195 Å². The zero-order chi connectivity index (χ0) is 25.1. The van der Waals surface area contributed by atoms with Crippen molar-refractivity contribution in [1.82, 2.24) is 4.31 Å². The highest BCUT2D eigenvalue weighted by Gasteiger charge is 2.31. The van der Waals surface area contributed by atoms with Crippen molar-refractivity contribution in [3.63, 3.8) is 0 Å². The molecule has 34 heavy (non-hydrogen) atoms. The number of benzene rings is 2. The summed E-state index contributed by atoms with van der Waals surface area (Å²) >= 11 is 0. The smallest absolute Gasteiger partial charge is 0.379 e. The van der Waals surface area contributed by atoms with Crippen molar-refractivity contribution >= 4 is 37.3 Å². The number of anilines is 2. The van der Waals surface area contributed by atoms with Gasteiger partial charge in [-0.05, 0) is 42.5 Å². The molecule has 1 aliphatic rings. The Morgan fingerprint density at radius 2 is 1.68 bits per heavy atom. The number of nitrogens with one attached hydrogen (secondary N) is 1. The average Bonchev–Trinajstić information content (AvgIpc) is 2.77. The minimum atomic E-state index is -4.61. The highest BCUT2D eigenvalue weighted by atomic mass is 32.2. The Hall–Kier alpha value is -2.68. The van der Waals surface area contributed by atoms with E-state index in [9.17, 15) is 34.8 Å². The molecule has 1 saturated heterocycles. The van der Waals surface area contributed by atoms with Crippen LogP contribution < -0.4 is 9.62 Å². The van der Waals surface area contributed by atoms with Crippen molar-refractivity contribution in [3.8, 4) is 0 Å². The molecule has 0 bridgehead atoms. The molecule has 0 spiro atoms. The molecule has 14 heteroatoms. The molecule has 0 radical (unpaired) electrons. The van der Waals surface area contributed by atoms with Gasteiger partial charge in [-0.15, -0.1) is 0 Å². The van der Waals surface area contributed by atoms with Crippen LogP contribution in [0.5, 0.6) is 0 Å². The van der Waals surface area contributed by atoms with Gasteiger partial charge >= 0.3 is 6.18 Å². The van der Waals surface area contributed by atoms with Crippen LogP contribution in [0.3, 0.4) is 0 Å². The van der Waals surface area contributed by atoms with Gasteiger partial charge in [-0.25, -0.2) is 16.8 Å². The van der Waals surface area contributed by atoms with Gasteiger partial charge in [0.25, 0.3) is 0 Å². The summed E-state index contributed by atoms with van der Waals surface area (Å²) in [6, 6.07) is 8.85. The Morgan fingerprint density at radius 3 is 2.24 bits per heavy atom. The van der Waals surface area contributed by atoms with E-state index in [-0.39, 0.29) is 42.6 Å². The first-order chi connectivity index (χ1) is 15.8. The van der Waals surface area contributed by atoms with Crippen molar-refractivity contribution in [3.05, 3.63) is 54.1 Å². The fraction of sp³-hybridized carbons (Fsp3) is 0.350. The minimum Gasteiger partial charge on any atom is -0.379 e. The van der Waals surface area contributed by atoms with Gasteiger partial charge in [-0.1, -0.05) is 6.07 Å². The topological polar surface area (TPSA) is 113 Å². The molecule has 2 aromatic carbocycles. The summed E-state index contributed by atoms with van der Waals surface area (Å²) in [5, 5.41) is 2.25. The summed E-state index contributed by atoms with van der Waals surface area (Å²) in [5.41, 5.74) is -1.11. The van der Waals surface area contributed by atoms with E-state index in [1.165, 1.54) is 34.6 Å². The maximum Gasteiger partial charge on any atom is 0.416 e. The third kappa shape index (κ3) is 6.25. The minimum absolute atomic E-state index is 0.0163. The number of nitrogens with zero attached hydrogens (tertiary/aromatic N) is 2. The van der Waals surface area contributed by atoms with E-state index in [1.54, 1.807) is 0 Å². The molecule has 0 atom stereocenters. The van der Waals surface area contributed by atoms with E-state index < -0.39 is 44.2 Å². The molecular weight excluding hydrogens is 499 g/mol. The lowest BCUT2D eigenvalue weighted by atomic mass is 10.2. The van der Waals surface area contributed by atoms with Crippen LogP contribution in [0.25, 0.3) is 0 Å². The summed E-state index contributed by atoms with van der Waals surface area (Å²) in [6.45, 7) is 0.176. The molecule has 1 heterocycles. The summed E-state index contributed by atoms with van der Waals surface area (Å²) in [5.74, 6) is -0.880. The fourth-order valence-corrected chi connectivity index (χ4v) is 5.49. The number of carbonyl (C=O) groups is 1. The number of hydrogen-bond acceptors (Lipinski definition) is 6.